The topological polar surface area (TPSA) is 93.4 Å². The minimum Gasteiger partial charge on any atom is -0.481 e. The second-order valence-corrected chi connectivity index (χ2v) is 6.16. The molecule has 0 spiro atoms. The Bertz CT molecular complexity index is 790. The van der Waals surface area contributed by atoms with Gasteiger partial charge in [-0.3, -0.25) is 9.59 Å². The number of aliphatic carboxylic acids is 1. The zero-order chi connectivity index (χ0) is 17.2. The maximum absolute atomic E-state index is 12.2. The molecule has 126 valence electrons. The zero-order valence-corrected chi connectivity index (χ0v) is 13.3. The van der Waals surface area contributed by atoms with Crippen molar-refractivity contribution in [1.29, 1.82) is 0 Å². The maximum atomic E-state index is 12.2. The van der Waals surface area contributed by atoms with E-state index in [1.807, 2.05) is 30.3 Å². The van der Waals surface area contributed by atoms with Crippen LogP contribution in [0.5, 0.6) is 0 Å². The Morgan fingerprint density at radius 2 is 2.21 bits per heavy atom. The predicted molar refractivity (Wildman–Crippen MR) is 88.0 cm³/mol. The summed E-state index contributed by atoms with van der Waals surface area (Å²) in [7, 11) is 0. The molecule has 24 heavy (non-hydrogen) atoms. The fourth-order valence-corrected chi connectivity index (χ4v) is 2.67. The molecular weight excluding hydrogens is 310 g/mol. The van der Waals surface area contributed by atoms with Crippen LogP contribution in [-0.4, -0.2) is 40.1 Å². The van der Waals surface area contributed by atoms with Gasteiger partial charge < -0.3 is 15.2 Å². The van der Waals surface area contributed by atoms with Gasteiger partial charge in [-0.2, -0.15) is 5.10 Å². The Morgan fingerprint density at radius 1 is 1.46 bits per heavy atom. The van der Waals surface area contributed by atoms with Gasteiger partial charge in [-0.1, -0.05) is 30.3 Å². The molecule has 1 saturated heterocycles. The number of carbonyl (C=O) groups is 1. The SMILES string of the molecule is CC1(C(=O)O)COCC1Nc1cnn(Cc2ccccc2)c(=O)c1. The molecule has 0 saturated carbocycles. The van der Waals surface area contributed by atoms with Crippen LogP contribution in [0.1, 0.15) is 12.5 Å². The molecule has 0 amide bonds. The van der Waals surface area contributed by atoms with Gasteiger partial charge in [0.2, 0.25) is 0 Å². The molecule has 1 aromatic heterocycles. The minimum atomic E-state index is -1.03. The highest BCUT2D eigenvalue weighted by Gasteiger charge is 2.46. The molecule has 2 aromatic rings. The van der Waals surface area contributed by atoms with E-state index in [0.29, 0.717) is 12.2 Å². The summed E-state index contributed by atoms with van der Waals surface area (Å²) in [6.45, 7) is 2.43. The summed E-state index contributed by atoms with van der Waals surface area (Å²) in [4.78, 5) is 23.7. The van der Waals surface area contributed by atoms with Crippen molar-refractivity contribution in [1.82, 2.24) is 9.78 Å². The van der Waals surface area contributed by atoms with Crippen molar-refractivity contribution in [2.75, 3.05) is 18.5 Å². The monoisotopic (exact) mass is 329 g/mol. The van der Waals surface area contributed by atoms with E-state index in [4.69, 9.17) is 4.74 Å². The molecule has 0 radical (unpaired) electrons. The number of hydrogen-bond acceptors (Lipinski definition) is 5. The lowest BCUT2D eigenvalue weighted by atomic mass is 9.85. The first-order valence-corrected chi connectivity index (χ1v) is 7.68. The Hall–Kier alpha value is -2.67. The predicted octanol–water partition coefficient (Wildman–Crippen LogP) is 1.19. The van der Waals surface area contributed by atoms with Gasteiger partial charge in [0.05, 0.1) is 37.7 Å². The lowest BCUT2D eigenvalue weighted by Gasteiger charge is -2.26. The van der Waals surface area contributed by atoms with Gasteiger partial charge in [-0.05, 0) is 12.5 Å². The third-order valence-corrected chi connectivity index (χ3v) is 4.33. The van der Waals surface area contributed by atoms with Crippen molar-refractivity contribution in [3.8, 4) is 0 Å². The van der Waals surface area contributed by atoms with Gasteiger partial charge in [0.15, 0.2) is 0 Å². The van der Waals surface area contributed by atoms with E-state index in [9.17, 15) is 14.7 Å². The lowest BCUT2D eigenvalue weighted by molar-refractivity contribution is -0.148. The average molecular weight is 329 g/mol. The Morgan fingerprint density at radius 3 is 2.88 bits per heavy atom. The molecule has 2 atom stereocenters. The highest BCUT2D eigenvalue weighted by atomic mass is 16.5. The van der Waals surface area contributed by atoms with Gasteiger partial charge in [-0.15, -0.1) is 0 Å². The Kier molecular flexibility index (Phi) is 4.35. The molecular formula is C17H19N3O4. The molecule has 0 aliphatic carbocycles. The first-order chi connectivity index (χ1) is 11.5. The van der Waals surface area contributed by atoms with Crippen molar-refractivity contribution < 1.29 is 14.6 Å². The van der Waals surface area contributed by atoms with E-state index < -0.39 is 17.4 Å². The van der Waals surface area contributed by atoms with Crippen molar-refractivity contribution in [2.45, 2.75) is 19.5 Å². The van der Waals surface area contributed by atoms with Crippen molar-refractivity contribution >= 4 is 11.7 Å². The van der Waals surface area contributed by atoms with E-state index in [1.54, 1.807) is 6.92 Å². The van der Waals surface area contributed by atoms with Gasteiger partial charge in [0.1, 0.15) is 5.41 Å². The highest BCUT2D eigenvalue weighted by molar-refractivity contribution is 5.76. The summed E-state index contributed by atoms with van der Waals surface area (Å²) in [6, 6.07) is 10.6. The van der Waals surface area contributed by atoms with Crippen molar-refractivity contribution in [3.63, 3.8) is 0 Å². The molecule has 0 bridgehead atoms. The van der Waals surface area contributed by atoms with Crippen molar-refractivity contribution in [2.24, 2.45) is 5.41 Å². The first-order valence-electron chi connectivity index (χ1n) is 7.68. The standard InChI is InChI=1S/C17H19N3O4/c1-17(16(22)23)11-24-10-14(17)19-13-7-15(21)20(18-8-13)9-12-5-3-2-4-6-12/h2-8,14,19H,9-11H2,1H3,(H,22,23). The molecule has 2 N–H and O–H groups in total. The van der Waals surface area contributed by atoms with E-state index in [0.717, 1.165) is 5.56 Å². The summed E-state index contributed by atoms with van der Waals surface area (Å²) in [5, 5.41) is 16.6. The summed E-state index contributed by atoms with van der Waals surface area (Å²) >= 11 is 0. The third kappa shape index (κ3) is 3.16. The van der Waals surface area contributed by atoms with Crippen LogP contribution >= 0.6 is 0 Å². The van der Waals surface area contributed by atoms with Crippen LogP contribution in [0.4, 0.5) is 5.69 Å². The molecule has 3 rings (SSSR count). The Balaban J connectivity index is 1.76. The molecule has 2 heterocycles. The number of nitrogens with zero attached hydrogens (tertiary/aromatic N) is 2. The van der Waals surface area contributed by atoms with Gasteiger partial charge in [0, 0.05) is 6.07 Å². The zero-order valence-electron chi connectivity index (χ0n) is 13.3. The number of nitrogens with one attached hydrogen (secondary N) is 1. The number of benzene rings is 1. The smallest absolute Gasteiger partial charge is 0.313 e. The van der Waals surface area contributed by atoms with Crippen molar-refractivity contribution in [3.05, 3.63) is 58.5 Å². The fourth-order valence-electron chi connectivity index (χ4n) is 2.67. The quantitative estimate of drug-likeness (QED) is 0.856. The third-order valence-electron chi connectivity index (χ3n) is 4.33. The van der Waals surface area contributed by atoms with Crippen LogP contribution in [0.3, 0.4) is 0 Å². The van der Waals surface area contributed by atoms with Crippen LogP contribution in [0.25, 0.3) is 0 Å². The first kappa shape index (κ1) is 16.2. The number of carboxylic acid groups (broad SMARTS) is 1. The van der Waals surface area contributed by atoms with E-state index in [2.05, 4.69) is 10.4 Å². The molecule has 1 aliphatic heterocycles. The van der Waals surface area contributed by atoms with Crippen LogP contribution in [0.2, 0.25) is 0 Å². The van der Waals surface area contributed by atoms with Crippen LogP contribution in [0, 0.1) is 5.41 Å². The van der Waals surface area contributed by atoms with Gasteiger partial charge in [0.25, 0.3) is 5.56 Å². The Labute approximate surface area is 138 Å². The van der Waals surface area contributed by atoms with Gasteiger partial charge >= 0.3 is 5.97 Å². The number of ether oxygens (including phenoxy) is 1. The highest BCUT2D eigenvalue weighted by Crippen LogP contribution is 2.30. The fraction of sp³-hybridized carbons (Fsp3) is 0.353. The number of hydrogen-bond donors (Lipinski definition) is 2. The molecule has 7 heteroatoms. The van der Waals surface area contributed by atoms with Gasteiger partial charge in [-0.25, -0.2) is 4.68 Å². The molecule has 2 unspecified atom stereocenters. The summed E-state index contributed by atoms with van der Waals surface area (Å²) < 4.78 is 6.66. The van der Waals surface area contributed by atoms with Crippen LogP contribution in [0.15, 0.2) is 47.4 Å². The maximum Gasteiger partial charge on any atom is 0.313 e. The van der Waals surface area contributed by atoms with Crippen LogP contribution < -0.4 is 10.9 Å². The number of carboxylic acids is 1. The minimum absolute atomic E-state index is 0.137. The molecule has 7 nitrogen and oxygen atoms in total. The second kappa shape index (κ2) is 6.45. The number of anilines is 1. The largest absolute Gasteiger partial charge is 0.481 e. The second-order valence-electron chi connectivity index (χ2n) is 6.16. The van der Waals surface area contributed by atoms with E-state index in [1.165, 1.54) is 16.9 Å². The molecule has 1 aliphatic rings. The average Bonchev–Trinajstić information content (AvgIpc) is 2.93. The molecule has 1 aromatic carbocycles. The van der Waals surface area contributed by atoms with E-state index in [-0.39, 0.29) is 18.8 Å². The normalized spacial score (nSPS) is 23.1. The number of rotatable bonds is 5. The molecule has 1 fully saturated rings. The van der Waals surface area contributed by atoms with Crippen LogP contribution in [-0.2, 0) is 16.1 Å². The summed E-state index contributed by atoms with van der Waals surface area (Å²) in [6.07, 6.45) is 1.53. The lowest BCUT2D eigenvalue weighted by Crippen LogP contribution is -2.43. The summed E-state index contributed by atoms with van der Waals surface area (Å²) in [5.41, 5.74) is 0.196. The summed E-state index contributed by atoms with van der Waals surface area (Å²) in [5.74, 6) is -0.928. The van der Waals surface area contributed by atoms with E-state index >= 15 is 0 Å². The number of aromatic nitrogens is 2.